The standard InChI is InChI=1S/C25H24N4O3S2/c1-16(30)18-7-9-19(10-8-18)28-11-13-29(14-12-28)24(31)23-21(15-33-25-27-26-17(2)34-25)20-5-3-4-6-22(20)32-23/h3-10H,11-15H2,1-2H3. The molecule has 0 saturated carbocycles. The molecular weight excluding hydrogens is 468 g/mol. The highest BCUT2D eigenvalue weighted by molar-refractivity contribution is 8.00. The molecule has 0 N–H and O–H groups in total. The van der Waals surface area contributed by atoms with Crippen molar-refractivity contribution in [2.75, 3.05) is 31.1 Å². The van der Waals surface area contributed by atoms with E-state index in [9.17, 15) is 9.59 Å². The average molecular weight is 493 g/mol. The van der Waals surface area contributed by atoms with Crippen molar-refractivity contribution >= 4 is 51.4 Å². The number of carbonyl (C=O) groups excluding carboxylic acids is 2. The van der Waals surface area contributed by atoms with Crippen molar-refractivity contribution in [3.05, 3.63) is 70.4 Å². The van der Waals surface area contributed by atoms with Gasteiger partial charge in [0, 0.05) is 54.1 Å². The summed E-state index contributed by atoms with van der Waals surface area (Å²) in [7, 11) is 0. The van der Waals surface area contributed by atoms with Crippen LogP contribution in [0.15, 0.2) is 57.3 Å². The Morgan fingerprint density at radius 3 is 2.44 bits per heavy atom. The molecule has 0 spiro atoms. The van der Waals surface area contributed by atoms with Gasteiger partial charge in [-0.15, -0.1) is 10.2 Å². The van der Waals surface area contributed by atoms with Gasteiger partial charge >= 0.3 is 0 Å². The fourth-order valence-corrected chi connectivity index (χ4v) is 5.95. The third-order valence-electron chi connectivity index (χ3n) is 5.95. The number of fused-ring (bicyclic) bond motifs is 1. The molecule has 1 amide bonds. The van der Waals surface area contributed by atoms with Gasteiger partial charge in [0.1, 0.15) is 10.6 Å². The molecule has 0 radical (unpaired) electrons. The number of ketones is 1. The van der Waals surface area contributed by atoms with Crippen LogP contribution in [-0.2, 0) is 5.75 Å². The molecule has 1 saturated heterocycles. The van der Waals surface area contributed by atoms with Gasteiger partial charge in [-0.1, -0.05) is 41.3 Å². The van der Waals surface area contributed by atoms with Gasteiger partial charge in [-0.25, -0.2) is 0 Å². The molecule has 174 valence electrons. The highest BCUT2D eigenvalue weighted by Crippen LogP contribution is 2.34. The minimum absolute atomic E-state index is 0.0584. The number of para-hydroxylation sites is 1. The fraction of sp³-hybridized carbons (Fsp3) is 0.280. The second kappa shape index (κ2) is 9.60. The second-order valence-corrected chi connectivity index (χ2v) is 10.6. The SMILES string of the molecule is CC(=O)c1ccc(N2CCN(C(=O)c3oc4ccccc4c3CSc3nnc(C)s3)CC2)cc1. The summed E-state index contributed by atoms with van der Waals surface area (Å²) in [6.07, 6.45) is 0. The molecule has 0 bridgehead atoms. The van der Waals surface area contributed by atoms with Crippen LogP contribution in [0.2, 0.25) is 0 Å². The van der Waals surface area contributed by atoms with Gasteiger partial charge in [0.15, 0.2) is 15.9 Å². The van der Waals surface area contributed by atoms with Crippen LogP contribution in [0.5, 0.6) is 0 Å². The van der Waals surface area contributed by atoms with Crippen LogP contribution < -0.4 is 4.90 Å². The van der Waals surface area contributed by atoms with Crippen LogP contribution in [-0.4, -0.2) is 53.0 Å². The lowest BCUT2D eigenvalue weighted by atomic mass is 10.1. The van der Waals surface area contributed by atoms with Crippen LogP contribution in [0.4, 0.5) is 5.69 Å². The summed E-state index contributed by atoms with van der Waals surface area (Å²) in [5.41, 5.74) is 3.39. The van der Waals surface area contributed by atoms with E-state index in [0.29, 0.717) is 30.2 Å². The minimum Gasteiger partial charge on any atom is -0.451 e. The summed E-state index contributed by atoms with van der Waals surface area (Å²) < 4.78 is 6.95. The Hall–Kier alpha value is -3.17. The highest BCUT2D eigenvalue weighted by atomic mass is 32.2. The smallest absolute Gasteiger partial charge is 0.290 e. The molecule has 2 aromatic heterocycles. The molecular formula is C25H24N4O3S2. The van der Waals surface area contributed by atoms with Gasteiger partial charge in [0.2, 0.25) is 0 Å². The number of carbonyl (C=O) groups is 2. The predicted octanol–water partition coefficient (Wildman–Crippen LogP) is 5.05. The van der Waals surface area contributed by atoms with E-state index in [0.717, 1.165) is 44.7 Å². The molecule has 0 unspecified atom stereocenters. The summed E-state index contributed by atoms with van der Waals surface area (Å²) in [6.45, 7) is 6.15. The first-order valence-electron chi connectivity index (χ1n) is 11.1. The van der Waals surface area contributed by atoms with E-state index in [1.165, 1.54) is 0 Å². The number of rotatable bonds is 6. The number of nitrogens with zero attached hydrogens (tertiary/aromatic N) is 4. The van der Waals surface area contributed by atoms with Gasteiger partial charge in [0.05, 0.1) is 0 Å². The first-order chi connectivity index (χ1) is 16.5. The summed E-state index contributed by atoms with van der Waals surface area (Å²) in [5.74, 6) is 0.985. The lowest BCUT2D eigenvalue weighted by Crippen LogP contribution is -2.48. The molecule has 2 aromatic carbocycles. The zero-order valence-corrected chi connectivity index (χ0v) is 20.6. The van der Waals surface area contributed by atoms with Crippen molar-refractivity contribution in [3.63, 3.8) is 0 Å². The number of hydrogen-bond donors (Lipinski definition) is 0. The van der Waals surface area contributed by atoms with E-state index >= 15 is 0 Å². The summed E-state index contributed by atoms with van der Waals surface area (Å²) >= 11 is 3.12. The number of Topliss-reactive ketones (excluding diaryl/α,β-unsaturated/α-hetero) is 1. The molecule has 4 aromatic rings. The van der Waals surface area contributed by atoms with Crippen LogP contribution in [0.25, 0.3) is 11.0 Å². The third kappa shape index (κ3) is 4.58. The monoisotopic (exact) mass is 492 g/mol. The van der Waals surface area contributed by atoms with Crippen molar-refractivity contribution in [2.45, 2.75) is 23.9 Å². The average Bonchev–Trinajstić information content (AvgIpc) is 3.45. The topological polar surface area (TPSA) is 79.5 Å². The van der Waals surface area contributed by atoms with Crippen LogP contribution in [0, 0.1) is 6.92 Å². The number of amides is 1. The van der Waals surface area contributed by atoms with E-state index in [-0.39, 0.29) is 11.7 Å². The molecule has 9 heteroatoms. The number of aryl methyl sites for hydroxylation is 1. The molecule has 34 heavy (non-hydrogen) atoms. The third-order valence-corrected chi connectivity index (χ3v) is 7.94. The van der Waals surface area contributed by atoms with Crippen molar-refractivity contribution in [1.29, 1.82) is 0 Å². The number of anilines is 1. The predicted molar refractivity (Wildman–Crippen MR) is 135 cm³/mol. The van der Waals surface area contributed by atoms with Gasteiger partial charge < -0.3 is 14.2 Å². The van der Waals surface area contributed by atoms with Gasteiger partial charge in [-0.05, 0) is 44.2 Å². The Balaban J connectivity index is 1.32. The Morgan fingerprint density at radius 2 is 1.76 bits per heavy atom. The van der Waals surface area contributed by atoms with Crippen molar-refractivity contribution < 1.29 is 14.0 Å². The lowest BCUT2D eigenvalue weighted by Gasteiger charge is -2.36. The molecule has 0 aliphatic carbocycles. The number of furan rings is 1. The normalized spacial score (nSPS) is 14.1. The maximum Gasteiger partial charge on any atom is 0.290 e. The molecule has 3 heterocycles. The molecule has 0 atom stereocenters. The van der Waals surface area contributed by atoms with E-state index in [4.69, 9.17) is 4.42 Å². The number of hydrogen-bond acceptors (Lipinski definition) is 8. The molecule has 5 rings (SSSR count). The number of piperazine rings is 1. The van der Waals surface area contributed by atoms with Crippen LogP contribution in [0.3, 0.4) is 0 Å². The van der Waals surface area contributed by atoms with Crippen molar-refractivity contribution in [3.8, 4) is 0 Å². The highest BCUT2D eigenvalue weighted by Gasteiger charge is 2.28. The number of benzene rings is 2. The van der Waals surface area contributed by atoms with Gasteiger partial charge in [-0.2, -0.15) is 0 Å². The van der Waals surface area contributed by atoms with E-state index in [1.807, 2.05) is 60.4 Å². The molecule has 1 aliphatic rings. The summed E-state index contributed by atoms with van der Waals surface area (Å²) in [6, 6.07) is 15.4. The van der Waals surface area contributed by atoms with E-state index in [2.05, 4.69) is 15.1 Å². The summed E-state index contributed by atoms with van der Waals surface area (Å²) in [5, 5.41) is 10.2. The Morgan fingerprint density at radius 1 is 1.03 bits per heavy atom. The van der Waals surface area contributed by atoms with Crippen molar-refractivity contribution in [1.82, 2.24) is 15.1 Å². The van der Waals surface area contributed by atoms with Crippen LogP contribution in [0.1, 0.15) is 38.4 Å². The zero-order valence-electron chi connectivity index (χ0n) is 19.0. The van der Waals surface area contributed by atoms with Crippen LogP contribution >= 0.6 is 23.1 Å². The number of thioether (sulfide) groups is 1. The quantitative estimate of drug-likeness (QED) is 0.275. The first kappa shape index (κ1) is 22.6. The Bertz CT molecular complexity index is 1340. The summed E-state index contributed by atoms with van der Waals surface area (Å²) in [4.78, 5) is 29.1. The maximum atomic E-state index is 13.5. The maximum absolute atomic E-state index is 13.5. The van der Waals surface area contributed by atoms with Gasteiger partial charge in [-0.3, -0.25) is 9.59 Å². The molecule has 1 aliphatic heterocycles. The van der Waals surface area contributed by atoms with E-state index in [1.54, 1.807) is 30.0 Å². The van der Waals surface area contributed by atoms with E-state index < -0.39 is 0 Å². The number of aromatic nitrogens is 2. The fourth-order valence-electron chi connectivity index (χ4n) is 4.10. The largest absolute Gasteiger partial charge is 0.451 e. The molecule has 1 fully saturated rings. The lowest BCUT2D eigenvalue weighted by molar-refractivity contribution is 0.0715. The first-order valence-corrected chi connectivity index (χ1v) is 12.9. The van der Waals surface area contributed by atoms with Gasteiger partial charge in [0.25, 0.3) is 5.91 Å². The zero-order chi connectivity index (χ0) is 23.7. The Kier molecular flexibility index (Phi) is 6.38. The Labute approximate surface area is 205 Å². The van der Waals surface area contributed by atoms with Crippen molar-refractivity contribution in [2.24, 2.45) is 0 Å². The molecule has 7 nitrogen and oxygen atoms in total. The minimum atomic E-state index is -0.0770. The second-order valence-electron chi connectivity index (χ2n) is 8.16.